The van der Waals surface area contributed by atoms with Crippen LogP contribution in [0.4, 0.5) is 5.69 Å². The van der Waals surface area contributed by atoms with E-state index in [1.807, 2.05) is 53.4 Å². The van der Waals surface area contributed by atoms with Crippen molar-refractivity contribution < 1.29 is 4.79 Å². The molecule has 156 valence electrons. The maximum Gasteiger partial charge on any atom is 0.262 e. The van der Waals surface area contributed by atoms with Crippen molar-refractivity contribution in [3.8, 4) is 5.69 Å². The van der Waals surface area contributed by atoms with Gasteiger partial charge >= 0.3 is 0 Å². The number of aromatic nitrogens is 4. The van der Waals surface area contributed by atoms with Gasteiger partial charge in [-0.15, -0.1) is 0 Å². The van der Waals surface area contributed by atoms with Gasteiger partial charge in [0.05, 0.1) is 11.9 Å². The van der Waals surface area contributed by atoms with E-state index in [1.54, 1.807) is 4.68 Å². The molecule has 0 fully saturated rings. The number of hydrogen-bond donors (Lipinski definition) is 1. The molecule has 7 nitrogen and oxygen atoms in total. The molecular weight excluding hydrogens is 390 g/mol. The second-order valence-corrected chi connectivity index (χ2v) is 7.92. The van der Waals surface area contributed by atoms with Crippen molar-refractivity contribution in [2.24, 2.45) is 0 Å². The minimum Gasteiger partial charge on any atom is -0.310 e. The van der Waals surface area contributed by atoms with Crippen molar-refractivity contribution in [2.75, 3.05) is 4.90 Å². The van der Waals surface area contributed by atoms with Crippen LogP contribution in [-0.4, -0.2) is 31.7 Å². The van der Waals surface area contributed by atoms with E-state index in [1.165, 1.54) is 11.8 Å². The predicted octanol–water partition coefficient (Wildman–Crippen LogP) is 3.41. The molecule has 5 rings (SSSR count). The Kier molecular flexibility index (Phi) is 4.86. The number of carbonyl (C=O) groups excluding carboxylic acids is 1. The molecule has 1 amide bonds. The van der Waals surface area contributed by atoms with Crippen LogP contribution < -0.4 is 10.5 Å². The second kappa shape index (κ2) is 7.83. The highest BCUT2D eigenvalue weighted by atomic mass is 16.2. The lowest BCUT2D eigenvalue weighted by atomic mass is 9.96. The van der Waals surface area contributed by atoms with Gasteiger partial charge in [0.2, 0.25) is 5.91 Å². The number of aryl methyl sites for hydroxylation is 2. The molecule has 0 saturated carbocycles. The Morgan fingerprint density at radius 1 is 1.13 bits per heavy atom. The number of carbonyl (C=O) groups is 1. The molecule has 31 heavy (non-hydrogen) atoms. The lowest BCUT2D eigenvalue weighted by Crippen LogP contribution is -2.42. The highest BCUT2D eigenvalue weighted by Crippen LogP contribution is 2.31. The van der Waals surface area contributed by atoms with E-state index in [0.29, 0.717) is 23.3 Å². The third kappa shape index (κ3) is 3.52. The van der Waals surface area contributed by atoms with Crippen LogP contribution in [0.2, 0.25) is 0 Å². The van der Waals surface area contributed by atoms with Gasteiger partial charge in [-0.25, -0.2) is 9.67 Å². The summed E-state index contributed by atoms with van der Waals surface area (Å²) in [5, 5.41) is 4.76. The Morgan fingerprint density at radius 3 is 2.74 bits per heavy atom. The normalized spacial score (nSPS) is 15.8. The molecule has 1 aliphatic heterocycles. The number of hydrogen-bond acceptors (Lipinski definition) is 4. The van der Waals surface area contributed by atoms with Gasteiger partial charge in [0.1, 0.15) is 11.2 Å². The van der Waals surface area contributed by atoms with Crippen LogP contribution in [0.3, 0.4) is 0 Å². The van der Waals surface area contributed by atoms with E-state index in [9.17, 15) is 9.59 Å². The summed E-state index contributed by atoms with van der Waals surface area (Å²) in [5.41, 5.74) is 3.27. The smallest absolute Gasteiger partial charge is 0.262 e. The van der Waals surface area contributed by atoms with E-state index in [4.69, 9.17) is 0 Å². The minimum absolute atomic E-state index is 0.0407. The molecule has 1 N–H and O–H groups in total. The van der Waals surface area contributed by atoms with Crippen molar-refractivity contribution in [3.63, 3.8) is 0 Å². The molecule has 1 atom stereocenters. The summed E-state index contributed by atoms with van der Waals surface area (Å²) >= 11 is 0. The van der Waals surface area contributed by atoms with Crippen LogP contribution >= 0.6 is 0 Å². The second-order valence-electron chi connectivity index (χ2n) is 7.92. The third-order valence-electron chi connectivity index (χ3n) is 5.86. The summed E-state index contributed by atoms with van der Waals surface area (Å²) in [5.74, 6) is 0.528. The van der Waals surface area contributed by atoms with E-state index < -0.39 is 0 Å². The SMILES string of the molecule is C[C@@H]1CCc2ccccc2N1C(=O)CCc1nc2c(cnn2-c2ccccc2)c(=O)[nH]1. The monoisotopic (exact) mass is 413 g/mol. The third-order valence-corrected chi connectivity index (χ3v) is 5.86. The number of H-pyrrole nitrogens is 1. The van der Waals surface area contributed by atoms with E-state index in [2.05, 4.69) is 28.1 Å². The van der Waals surface area contributed by atoms with Crippen LogP contribution in [0.15, 0.2) is 65.6 Å². The van der Waals surface area contributed by atoms with E-state index in [-0.39, 0.29) is 23.9 Å². The zero-order chi connectivity index (χ0) is 21.4. The molecule has 0 aliphatic carbocycles. The zero-order valence-corrected chi connectivity index (χ0v) is 17.3. The summed E-state index contributed by atoms with van der Waals surface area (Å²) in [6, 6.07) is 17.8. The molecule has 3 heterocycles. The Bertz CT molecular complexity index is 1310. The number of anilines is 1. The Morgan fingerprint density at radius 2 is 1.90 bits per heavy atom. The highest BCUT2D eigenvalue weighted by Gasteiger charge is 2.27. The van der Waals surface area contributed by atoms with Crippen molar-refractivity contribution >= 4 is 22.6 Å². The first-order valence-electron chi connectivity index (χ1n) is 10.5. The van der Waals surface area contributed by atoms with Gasteiger partial charge < -0.3 is 9.88 Å². The lowest BCUT2D eigenvalue weighted by molar-refractivity contribution is -0.119. The van der Waals surface area contributed by atoms with Gasteiger partial charge in [-0.05, 0) is 43.5 Å². The summed E-state index contributed by atoms with van der Waals surface area (Å²) in [6.45, 7) is 2.08. The summed E-state index contributed by atoms with van der Waals surface area (Å²) in [6.07, 6.45) is 4.08. The molecule has 0 radical (unpaired) electrons. The Hall–Kier alpha value is -3.74. The molecule has 0 bridgehead atoms. The van der Waals surface area contributed by atoms with Crippen LogP contribution in [0.5, 0.6) is 0 Å². The molecule has 0 spiro atoms. The Balaban J connectivity index is 1.41. The van der Waals surface area contributed by atoms with Gasteiger partial charge in [0, 0.05) is 24.6 Å². The molecule has 0 unspecified atom stereocenters. The first-order chi connectivity index (χ1) is 15.1. The van der Waals surface area contributed by atoms with Gasteiger partial charge in [0.25, 0.3) is 5.56 Å². The fourth-order valence-corrected chi connectivity index (χ4v) is 4.25. The number of nitrogens with zero attached hydrogens (tertiary/aromatic N) is 4. The average Bonchev–Trinajstić information content (AvgIpc) is 3.22. The first kappa shape index (κ1) is 19.2. The number of nitrogens with one attached hydrogen (secondary N) is 1. The summed E-state index contributed by atoms with van der Waals surface area (Å²) in [7, 11) is 0. The largest absolute Gasteiger partial charge is 0.310 e. The molecule has 7 heteroatoms. The van der Waals surface area contributed by atoms with Gasteiger partial charge in [-0.3, -0.25) is 9.59 Å². The number of para-hydroxylation sites is 2. The van der Waals surface area contributed by atoms with Crippen molar-refractivity contribution in [1.82, 2.24) is 19.7 Å². The van der Waals surface area contributed by atoms with Gasteiger partial charge in [0.15, 0.2) is 5.65 Å². The number of rotatable bonds is 4. The number of fused-ring (bicyclic) bond motifs is 2. The standard InChI is InChI=1S/C24H23N5O2/c1-16-11-12-17-7-5-6-10-20(17)28(16)22(30)14-13-21-26-23-19(24(31)27-21)15-25-29(23)18-8-3-2-4-9-18/h2-10,15-16H,11-14H2,1H3,(H,26,27,31)/t16-/m1/s1. The maximum absolute atomic E-state index is 13.1. The number of amides is 1. The Labute approximate surface area is 179 Å². The van der Waals surface area contributed by atoms with E-state index >= 15 is 0 Å². The van der Waals surface area contributed by atoms with Crippen LogP contribution in [-0.2, 0) is 17.6 Å². The van der Waals surface area contributed by atoms with Crippen LogP contribution in [0.25, 0.3) is 16.7 Å². The molecule has 1 aliphatic rings. The fourth-order valence-electron chi connectivity index (χ4n) is 4.25. The van der Waals surface area contributed by atoms with Crippen molar-refractivity contribution in [3.05, 3.63) is 82.5 Å². The molecule has 2 aromatic heterocycles. The summed E-state index contributed by atoms with van der Waals surface area (Å²) in [4.78, 5) is 35.0. The van der Waals surface area contributed by atoms with Crippen LogP contribution in [0, 0.1) is 0 Å². The molecule has 0 saturated heterocycles. The van der Waals surface area contributed by atoms with Gasteiger partial charge in [-0.1, -0.05) is 36.4 Å². The maximum atomic E-state index is 13.1. The minimum atomic E-state index is -0.244. The average molecular weight is 413 g/mol. The van der Waals surface area contributed by atoms with Crippen molar-refractivity contribution in [1.29, 1.82) is 0 Å². The number of aromatic amines is 1. The highest BCUT2D eigenvalue weighted by molar-refractivity contribution is 5.95. The molecular formula is C24H23N5O2. The van der Waals surface area contributed by atoms with E-state index in [0.717, 1.165) is 24.2 Å². The zero-order valence-electron chi connectivity index (χ0n) is 17.3. The fraction of sp³-hybridized carbons (Fsp3) is 0.250. The van der Waals surface area contributed by atoms with Gasteiger partial charge in [-0.2, -0.15) is 5.10 Å². The lowest BCUT2D eigenvalue weighted by Gasteiger charge is -2.35. The summed E-state index contributed by atoms with van der Waals surface area (Å²) < 4.78 is 1.65. The topological polar surface area (TPSA) is 83.9 Å². The number of benzene rings is 2. The molecule has 4 aromatic rings. The molecule has 2 aromatic carbocycles. The van der Waals surface area contributed by atoms with Crippen LogP contribution in [0.1, 0.15) is 31.2 Å². The first-order valence-corrected chi connectivity index (χ1v) is 10.5. The predicted molar refractivity (Wildman–Crippen MR) is 120 cm³/mol. The van der Waals surface area contributed by atoms with Crippen molar-refractivity contribution in [2.45, 2.75) is 38.6 Å². The quantitative estimate of drug-likeness (QED) is 0.556.